The van der Waals surface area contributed by atoms with Crippen LogP contribution >= 0.6 is 23.4 Å². The Morgan fingerprint density at radius 1 is 1.39 bits per heavy atom. The number of thioether (sulfide) groups is 1. The number of hydrogen-bond acceptors (Lipinski definition) is 3. The van der Waals surface area contributed by atoms with Crippen molar-refractivity contribution >= 4 is 35.3 Å². The van der Waals surface area contributed by atoms with E-state index in [4.69, 9.17) is 11.6 Å². The third-order valence-electron chi connectivity index (χ3n) is 3.30. The lowest BCUT2D eigenvalue weighted by Gasteiger charge is -2.25. The molecule has 1 aliphatic heterocycles. The number of carbonyl (C=O) groups is 1. The van der Waals surface area contributed by atoms with Gasteiger partial charge in [-0.25, -0.2) is 0 Å². The van der Waals surface area contributed by atoms with Crippen molar-refractivity contribution in [3.05, 3.63) is 28.8 Å². The first-order valence-electron chi connectivity index (χ1n) is 6.15. The molecule has 0 N–H and O–H groups in total. The molecule has 0 unspecified atom stereocenters. The van der Waals surface area contributed by atoms with Gasteiger partial charge < -0.3 is 4.90 Å². The van der Waals surface area contributed by atoms with Crippen LogP contribution in [0.3, 0.4) is 0 Å². The van der Waals surface area contributed by atoms with Crippen molar-refractivity contribution in [3.63, 3.8) is 0 Å². The van der Waals surface area contributed by atoms with Gasteiger partial charge in [0.2, 0.25) is 0 Å². The van der Waals surface area contributed by atoms with Gasteiger partial charge in [0.15, 0.2) is 6.29 Å². The van der Waals surface area contributed by atoms with Crippen LogP contribution in [-0.2, 0) is 0 Å². The van der Waals surface area contributed by atoms with Crippen molar-refractivity contribution in [1.29, 1.82) is 0 Å². The zero-order chi connectivity index (χ0) is 13.2. The molecule has 0 spiro atoms. The van der Waals surface area contributed by atoms with Crippen LogP contribution in [0.2, 0.25) is 5.02 Å². The van der Waals surface area contributed by atoms with E-state index in [0.717, 1.165) is 37.2 Å². The van der Waals surface area contributed by atoms with E-state index >= 15 is 0 Å². The zero-order valence-corrected chi connectivity index (χ0v) is 12.4. The van der Waals surface area contributed by atoms with Gasteiger partial charge >= 0.3 is 0 Å². The van der Waals surface area contributed by atoms with Crippen molar-refractivity contribution in [2.75, 3.05) is 23.7 Å². The van der Waals surface area contributed by atoms with Gasteiger partial charge in [-0.05, 0) is 24.6 Å². The third kappa shape index (κ3) is 3.21. The first-order valence-corrected chi connectivity index (χ1v) is 7.52. The molecule has 0 bridgehead atoms. The number of hydrogen-bond donors (Lipinski definition) is 0. The molecule has 98 valence electrons. The average Bonchev–Trinajstić information content (AvgIpc) is 2.50. The standard InChI is InChI=1S/C14H18ClNOS/c1-14(2)5-6-16(7-8-18-14)13-4-3-12(15)9-11(13)10-17/h3-4,9-10H,5-8H2,1-2H3. The van der Waals surface area contributed by atoms with Crippen molar-refractivity contribution in [2.45, 2.75) is 25.0 Å². The van der Waals surface area contributed by atoms with Crippen molar-refractivity contribution in [3.8, 4) is 0 Å². The summed E-state index contributed by atoms with van der Waals surface area (Å²) in [6, 6.07) is 5.55. The molecule has 0 aromatic heterocycles. The van der Waals surface area contributed by atoms with Crippen LogP contribution in [-0.4, -0.2) is 29.9 Å². The first-order chi connectivity index (χ1) is 8.52. The molecule has 1 fully saturated rings. The van der Waals surface area contributed by atoms with Crippen LogP contribution < -0.4 is 4.90 Å². The monoisotopic (exact) mass is 283 g/mol. The van der Waals surface area contributed by atoms with E-state index in [1.54, 1.807) is 6.07 Å². The fourth-order valence-corrected chi connectivity index (χ4v) is 3.45. The second-order valence-electron chi connectivity index (χ2n) is 5.17. The molecule has 0 radical (unpaired) electrons. The Kier molecular flexibility index (Phi) is 4.23. The summed E-state index contributed by atoms with van der Waals surface area (Å²) >= 11 is 7.93. The molecule has 1 aliphatic rings. The zero-order valence-electron chi connectivity index (χ0n) is 10.8. The number of halogens is 1. The number of rotatable bonds is 2. The number of anilines is 1. The maximum absolute atomic E-state index is 11.1. The Morgan fingerprint density at radius 2 is 2.17 bits per heavy atom. The maximum Gasteiger partial charge on any atom is 0.152 e. The Labute approximate surface area is 118 Å². The summed E-state index contributed by atoms with van der Waals surface area (Å²) in [5.41, 5.74) is 1.69. The van der Waals surface area contributed by atoms with Gasteiger partial charge in [-0.3, -0.25) is 4.79 Å². The number of benzene rings is 1. The maximum atomic E-state index is 11.1. The number of aldehydes is 1. The summed E-state index contributed by atoms with van der Waals surface area (Å²) in [4.78, 5) is 13.4. The summed E-state index contributed by atoms with van der Waals surface area (Å²) in [7, 11) is 0. The second kappa shape index (κ2) is 5.54. The van der Waals surface area contributed by atoms with Gasteiger partial charge in [0.25, 0.3) is 0 Å². The van der Waals surface area contributed by atoms with Crippen molar-refractivity contribution < 1.29 is 4.79 Å². The summed E-state index contributed by atoms with van der Waals surface area (Å²) in [6.07, 6.45) is 2.02. The topological polar surface area (TPSA) is 20.3 Å². The van der Waals surface area contributed by atoms with Crippen molar-refractivity contribution in [1.82, 2.24) is 0 Å². The van der Waals surface area contributed by atoms with Crippen LogP contribution in [0.25, 0.3) is 0 Å². The molecular formula is C14H18ClNOS. The average molecular weight is 284 g/mol. The molecule has 0 amide bonds. The molecule has 1 saturated heterocycles. The van der Waals surface area contributed by atoms with Crippen LogP contribution in [0, 0.1) is 0 Å². The SMILES string of the molecule is CC1(C)CCN(c2ccc(Cl)cc2C=O)CCS1. The molecule has 18 heavy (non-hydrogen) atoms. The van der Waals surface area contributed by atoms with Crippen LogP contribution in [0.15, 0.2) is 18.2 Å². The highest BCUT2D eigenvalue weighted by molar-refractivity contribution is 8.00. The van der Waals surface area contributed by atoms with Crippen LogP contribution in [0.5, 0.6) is 0 Å². The van der Waals surface area contributed by atoms with Gasteiger partial charge in [0.1, 0.15) is 0 Å². The minimum atomic E-state index is 0.322. The lowest BCUT2D eigenvalue weighted by Crippen LogP contribution is -2.27. The number of carbonyl (C=O) groups excluding carboxylic acids is 1. The molecule has 2 rings (SSSR count). The van der Waals surface area contributed by atoms with Gasteiger partial charge in [0.05, 0.1) is 0 Å². The predicted octanol–water partition coefficient (Wildman–Crippen LogP) is 3.87. The summed E-state index contributed by atoms with van der Waals surface area (Å²) in [6.45, 7) is 6.53. The van der Waals surface area contributed by atoms with E-state index in [1.807, 2.05) is 23.9 Å². The van der Waals surface area contributed by atoms with E-state index in [9.17, 15) is 4.79 Å². The minimum absolute atomic E-state index is 0.322. The highest BCUT2D eigenvalue weighted by Gasteiger charge is 2.24. The summed E-state index contributed by atoms with van der Waals surface area (Å²) in [5, 5.41) is 0.616. The fraction of sp³-hybridized carbons (Fsp3) is 0.500. The highest BCUT2D eigenvalue weighted by Crippen LogP contribution is 2.33. The first kappa shape index (κ1) is 13.8. The quantitative estimate of drug-likeness (QED) is 0.769. The molecule has 0 atom stereocenters. The van der Waals surface area contributed by atoms with E-state index < -0.39 is 0 Å². The van der Waals surface area contributed by atoms with Crippen molar-refractivity contribution in [2.24, 2.45) is 0 Å². The smallest absolute Gasteiger partial charge is 0.152 e. The molecule has 2 nitrogen and oxygen atoms in total. The number of nitrogens with zero attached hydrogens (tertiary/aromatic N) is 1. The van der Waals surface area contributed by atoms with E-state index in [-0.39, 0.29) is 0 Å². The molecule has 4 heteroatoms. The van der Waals surface area contributed by atoms with Crippen LogP contribution in [0.1, 0.15) is 30.6 Å². The molecule has 0 saturated carbocycles. The Hall–Kier alpha value is -0.670. The minimum Gasteiger partial charge on any atom is -0.370 e. The molecule has 1 aromatic carbocycles. The Morgan fingerprint density at radius 3 is 2.89 bits per heavy atom. The predicted molar refractivity (Wildman–Crippen MR) is 80.2 cm³/mol. The third-order valence-corrected chi connectivity index (χ3v) is 4.90. The molecule has 0 aliphatic carbocycles. The van der Waals surface area contributed by atoms with E-state index in [2.05, 4.69) is 18.7 Å². The molecular weight excluding hydrogens is 266 g/mol. The lowest BCUT2D eigenvalue weighted by atomic mass is 10.1. The molecule has 1 heterocycles. The van der Waals surface area contributed by atoms with Gasteiger partial charge in [-0.15, -0.1) is 0 Å². The Bertz CT molecular complexity index is 447. The highest BCUT2D eigenvalue weighted by atomic mass is 35.5. The lowest BCUT2D eigenvalue weighted by molar-refractivity contribution is 0.112. The van der Waals surface area contributed by atoms with Gasteiger partial charge in [-0.1, -0.05) is 25.4 Å². The van der Waals surface area contributed by atoms with Crippen LogP contribution in [0.4, 0.5) is 5.69 Å². The van der Waals surface area contributed by atoms with Gasteiger partial charge in [0, 0.05) is 39.9 Å². The van der Waals surface area contributed by atoms with E-state index in [1.165, 1.54) is 0 Å². The molecule has 1 aromatic rings. The summed E-state index contributed by atoms with van der Waals surface area (Å²) < 4.78 is 0.322. The van der Waals surface area contributed by atoms with Gasteiger partial charge in [-0.2, -0.15) is 11.8 Å². The van der Waals surface area contributed by atoms with E-state index in [0.29, 0.717) is 15.3 Å². The summed E-state index contributed by atoms with van der Waals surface area (Å²) in [5.74, 6) is 1.09. The normalized spacial score (nSPS) is 19.4. The largest absolute Gasteiger partial charge is 0.370 e. The fourth-order valence-electron chi connectivity index (χ4n) is 2.17. The Balaban J connectivity index is 2.23. The second-order valence-corrected chi connectivity index (χ2v) is 7.40.